The molecular formula is C22H16N2O. The van der Waals surface area contributed by atoms with Gasteiger partial charge in [0, 0.05) is 34.5 Å². The Kier molecular flexibility index (Phi) is 2.86. The van der Waals surface area contributed by atoms with Crippen molar-refractivity contribution in [3.05, 3.63) is 72.8 Å². The maximum absolute atomic E-state index is 12.5. The Morgan fingerprint density at radius 2 is 1.40 bits per heavy atom. The maximum Gasteiger partial charge on any atom is 0.228 e. The van der Waals surface area contributed by atoms with Crippen molar-refractivity contribution in [1.82, 2.24) is 4.98 Å². The topological polar surface area (TPSA) is 36.1 Å². The molecule has 0 unspecified atom stereocenters. The van der Waals surface area contributed by atoms with Gasteiger partial charge in [-0.3, -0.25) is 9.69 Å². The van der Waals surface area contributed by atoms with E-state index < -0.39 is 0 Å². The van der Waals surface area contributed by atoms with Gasteiger partial charge in [0.15, 0.2) is 0 Å². The summed E-state index contributed by atoms with van der Waals surface area (Å²) < 4.78 is 0. The minimum absolute atomic E-state index is 0.00867. The summed E-state index contributed by atoms with van der Waals surface area (Å²) in [6, 6.07) is 24.5. The summed E-state index contributed by atoms with van der Waals surface area (Å²) in [4.78, 5) is 17.9. The van der Waals surface area contributed by atoms with Gasteiger partial charge in [-0.15, -0.1) is 0 Å². The zero-order chi connectivity index (χ0) is 17.0. The molecule has 3 aromatic carbocycles. The normalized spacial score (nSPS) is 12.3. The number of amides is 1. The lowest BCUT2D eigenvalue weighted by molar-refractivity contribution is -0.115. The molecule has 1 N–H and O–H groups in total. The highest BCUT2D eigenvalue weighted by Gasteiger charge is 2.28. The second-order valence-electron chi connectivity index (χ2n) is 6.31. The van der Waals surface area contributed by atoms with Crippen LogP contribution < -0.4 is 4.90 Å². The van der Waals surface area contributed by atoms with Crippen molar-refractivity contribution in [2.75, 3.05) is 4.90 Å². The van der Waals surface area contributed by atoms with Crippen LogP contribution in [0.1, 0.15) is 6.92 Å². The van der Waals surface area contributed by atoms with Crippen LogP contribution in [0.25, 0.3) is 33.3 Å². The fourth-order valence-corrected chi connectivity index (χ4v) is 3.85. The van der Waals surface area contributed by atoms with Crippen LogP contribution in [0.5, 0.6) is 0 Å². The SMILES string of the molecule is CC(=O)N1c2ccccc2-c2[nH]c3ccccc3c2-c2ccccc21. The lowest BCUT2D eigenvalue weighted by Crippen LogP contribution is -2.23. The van der Waals surface area contributed by atoms with E-state index in [2.05, 4.69) is 35.3 Å². The standard InChI is InChI=1S/C22H16N2O/c1-14(25)24-19-12-6-3-9-16(19)21-15-8-2-5-11-18(15)23-22(21)17-10-4-7-13-20(17)24/h2-13,23H,1H3. The molecule has 1 aliphatic heterocycles. The van der Waals surface area contributed by atoms with Crippen LogP contribution >= 0.6 is 0 Å². The Morgan fingerprint density at radius 3 is 2.16 bits per heavy atom. The highest BCUT2D eigenvalue weighted by molar-refractivity contribution is 6.15. The van der Waals surface area contributed by atoms with Gasteiger partial charge in [0.2, 0.25) is 5.91 Å². The Balaban J connectivity index is 2.01. The lowest BCUT2D eigenvalue weighted by atomic mass is 9.98. The molecule has 1 aromatic heterocycles. The fourth-order valence-electron chi connectivity index (χ4n) is 3.85. The van der Waals surface area contributed by atoms with Gasteiger partial charge in [-0.25, -0.2) is 0 Å². The second-order valence-corrected chi connectivity index (χ2v) is 6.31. The molecule has 0 fully saturated rings. The number of nitrogens with one attached hydrogen (secondary N) is 1. The lowest BCUT2D eigenvalue weighted by Gasteiger charge is -2.23. The van der Waals surface area contributed by atoms with Gasteiger partial charge in [-0.2, -0.15) is 0 Å². The van der Waals surface area contributed by atoms with E-state index in [9.17, 15) is 4.79 Å². The first-order valence-electron chi connectivity index (χ1n) is 8.36. The average Bonchev–Trinajstić information content (AvgIpc) is 2.96. The number of carbonyl (C=O) groups excluding carboxylic acids is 1. The van der Waals surface area contributed by atoms with Gasteiger partial charge in [-0.05, 0) is 18.2 Å². The molecule has 1 aliphatic rings. The number of carbonyl (C=O) groups is 1. The summed E-state index contributed by atoms with van der Waals surface area (Å²) in [5.41, 5.74) is 7.27. The molecule has 0 bridgehead atoms. The molecular weight excluding hydrogens is 308 g/mol. The van der Waals surface area contributed by atoms with Gasteiger partial charge >= 0.3 is 0 Å². The predicted octanol–water partition coefficient (Wildman–Crippen LogP) is 5.50. The Labute approximate surface area is 145 Å². The van der Waals surface area contributed by atoms with Crippen LogP contribution in [-0.2, 0) is 4.79 Å². The number of nitrogens with zero attached hydrogens (tertiary/aromatic N) is 1. The largest absolute Gasteiger partial charge is 0.354 e. The fraction of sp³-hybridized carbons (Fsp3) is 0.0455. The number of hydrogen-bond acceptors (Lipinski definition) is 1. The van der Waals surface area contributed by atoms with Crippen LogP contribution in [0.4, 0.5) is 11.4 Å². The van der Waals surface area contributed by atoms with Crippen LogP contribution in [0.15, 0.2) is 72.8 Å². The molecule has 1 amide bonds. The van der Waals surface area contributed by atoms with Gasteiger partial charge in [0.25, 0.3) is 0 Å². The number of rotatable bonds is 0. The van der Waals surface area contributed by atoms with E-state index in [1.807, 2.05) is 47.4 Å². The van der Waals surface area contributed by atoms with E-state index in [1.165, 1.54) is 5.39 Å². The smallest absolute Gasteiger partial charge is 0.228 e. The number of H-pyrrole nitrogens is 1. The molecule has 2 heterocycles. The molecule has 0 saturated heterocycles. The van der Waals surface area contributed by atoms with Crippen molar-refractivity contribution in [3.8, 4) is 22.4 Å². The summed E-state index contributed by atoms with van der Waals surface area (Å²) in [5.74, 6) is 0.00867. The molecule has 0 aliphatic carbocycles. The third-order valence-electron chi connectivity index (χ3n) is 4.85. The Hall–Kier alpha value is -3.33. The molecule has 120 valence electrons. The summed E-state index contributed by atoms with van der Waals surface area (Å²) >= 11 is 0. The molecule has 0 spiro atoms. The minimum Gasteiger partial charge on any atom is -0.354 e. The van der Waals surface area contributed by atoms with Crippen LogP contribution in [0, 0.1) is 0 Å². The molecule has 0 atom stereocenters. The predicted molar refractivity (Wildman–Crippen MR) is 102 cm³/mol. The third-order valence-corrected chi connectivity index (χ3v) is 4.85. The summed E-state index contributed by atoms with van der Waals surface area (Å²) in [6.07, 6.45) is 0. The zero-order valence-electron chi connectivity index (χ0n) is 13.8. The molecule has 3 nitrogen and oxygen atoms in total. The van der Waals surface area contributed by atoms with Gasteiger partial charge in [0.1, 0.15) is 0 Å². The second kappa shape index (κ2) is 5.08. The van der Waals surface area contributed by atoms with Gasteiger partial charge in [-0.1, -0.05) is 54.6 Å². The van der Waals surface area contributed by atoms with Crippen molar-refractivity contribution in [3.63, 3.8) is 0 Å². The van der Waals surface area contributed by atoms with Gasteiger partial charge < -0.3 is 4.98 Å². The van der Waals surface area contributed by atoms with Crippen molar-refractivity contribution in [2.24, 2.45) is 0 Å². The van der Waals surface area contributed by atoms with E-state index in [0.29, 0.717) is 0 Å². The van der Waals surface area contributed by atoms with Crippen molar-refractivity contribution < 1.29 is 4.79 Å². The maximum atomic E-state index is 12.5. The monoisotopic (exact) mass is 324 g/mol. The number of hydrogen-bond donors (Lipinski definition) is 1. The number of anilines is 2. The van der Waals surface area contributed by atoms with Crippen LogP contribution in [0.2, 0.25) is 0 Å². The van der Waals surface area contributed by atoms with Crippen molar-refractivity contribution in [1.29, 1.82) is 0 Å². The van der Waals surface area contributed by atoms with E-state index >= 15 is 0 Å². The zero-order valence-corrected chi connectivity index (χ0v) is 13.8. The number of para-hydroxylation sites is 3. The Bertz CT molecular complexity index is 1140. The molecule has 25 heavy (non-hydrogen) atoms. The summed E-state index contributed by atoms with van der Waals surface area (Å²) in [6.45, 7) is 1.62. The highest BCUT2D eigenvalue weighted by atomic mass is 16.2. The first kappa shape index (κ1) is 14.1. The number of benzene rings is 3. The van der Waals surface area contributed by atoms with E-state index in [0.717, 1.165) is 39.3 Å². The average molecular weight is 324 g/mol. The van der Waals surface area contributed by atoms with E-state index in [-0.39, 0.29) is 5.91 Å². The van der Waals surface area contributed by atoms with Gasteiger partial charge in [0.05, 0.1) is 17.1 Å². The number of fused-ring (bicyclic) bond motifs is 7. The molecule has 0 saturated carbocycles. The van der Waals surface area contributed by atoms with Crippen LogP contribution in [-0.4, -0.2) is 10.9 Å². The number of aromatic nitrogens is 1. The summed E-state index contributed by atoms with van der Waals surface area (Å²) in [5, 5.41) is 1.17. The van der Waals surface area contributed by atoms with Crippen molar-refractivity contribution in [2.45, 2.75) is 6.92 Å². The van der Waals surface area contributed by atoms with Crippen LogP contribution in [0.3, 0.4) is 0 Å². The first-order valence-corrected chi connectivity index (χ1v) is 8.36. The highest BCUT2D eigenvalue weighted by Crippen LogP contribution is 2.49. The van der Waals surface area contributed by atoms with E-state index in [4.69, 9.17) is 0 Å². The summed E-state index contributed by atoms with van der Waals surface area (Å²) in [7, 11) is 0. The Morgan fingerprint density at radius 1 is 0.800 bits per heavy atom. The molecule has 5 rings (SSSR count). The molecule has 3 heteroatoms. The van der Waals surface area contributed by atoms with E-state index in [1.54, 1.807) is 6.92 Å². The molecule has 0 radical (unpaired) electrons. The minimum atomic E-state index is 0.00867. The third kappa shape index (κ3) is 1.89. The number of aromatic amines is 1. The first-order chi connectivity index (χ1) is 12.3. The molecule has 4 aromatic rings. The quantitative estimate of drug-likeness (QED) is 0.455. The van der Waals surface area contributed by atoms with Crippen molar-refractivity contribution >= 4 is 28.2 Å².